The Hall–Kier alpha value is -0.790. The SMILES string of the molecule is CC1CC(C)(C)CCC1=CC(=O)O. The predicted octanol–water partition coefficient (Wildman–Crippen LogP) is 2.84. The van der Waals surface area contributed by atoms with Crippen molar-refractivity contribution in [2.24, 2.45) is 11.3 Å². The minimum Gasteiger partial charge on any atom is -0.478 e. The Morgan fingerprint density at radius 3 is 2.69 bits per heavy atom. The molecule has 1 N–H and O–H groups in total. The first-order chi connectivity index (χ1) is 5.91. The molecule has 2 heteroatoms. The smallest absolute Gasteiger partial charge is 0.328 e. The maximum atomic E-state index is 10.5. The first kappa shape index (κ1) is 10.3. The van der Waals surface area contributed by atoms with Gasteiger partial charge in [0.05, 0.1) is 0 Å². The lowest BCUT2D eigenvalue weighted by molar-refractivity contribution is -0.131. The van der Waals surface area contributed by atoms with Gasteiger partial charge < -0.3 is 5.11 Å². The molecule has 1 saturated carbocycles. The van der Waals surface area contributed by atoms with Crippen LogP contribution in [0.5, 0.6) is 0 Å². The van der Waals surface area contributed by atoms with Crippen molar-refractivity contribution in [2.75, 3.05) is 0 Å². The van der Waals surface area contributed by atoms with Gasteiger partial charge in [-0.1, -0.05) is 26.3 Å². The molecule has 13 heavy (non-hydrogen) atoms. The minimum absolute atomic E-state index is 0.384. The largest absolute Gasteiger partial charge is 0.478 e. The molecule has 0 spiro atoms. The normalized spacial score (nSPS) is 30.4. The standard InChI is InChI=1S/C11H18O2/c1-8-7-11(2,3)5-4-9(8)6-10(12)13/h6,8H,4-5,7H2,1-3H3,(H,12,13). The Balaban J connectivity index is 2.69. The lowest BCUT2D eigenvalue weighted by Crippen LogP contribution is -2.23. The average molecular weight is 182 g/mol. The number of carboxylic acid groups (broad SMARTS) is 1. The second-order valence-electron chi connectivity index (χ2n) is 4.83. The summed E-state index contributed by atoms with van der Waals surface area (Å²) in [5.74, 6) is -0.374. The van der Waals surface area contributed by atoms with Crippen LogP contribution in [0, 0.1) is 11.3 Å². The lowest BCUT2D eigenvalue weighted by atomic mass is 9.70. The molecule has 0 aromatic heterocycles. The highest BCUT2D eigenvalue weighted by molar-refractivity contribution is 5.80. The maximum absolute atomic E-state index is 10.5. The molecule has 0 aliphatic heterocycles. The molecule has 0 radical (unpaired) electrons. The molecular weight excluding hydrogens is 164 g/mol. The van der Waals surface area contributed by atoms with Gasteiger partial charge in [-0.15, -0.1) is 0 Å². The van der Waals surface area contributed by atoms with E-state index in [2.05, 4.69) is 20.8 Å². The van der Waals surface area contributed by atoms with Crippen LogP contribution in [0.25, 0.3) is 0 Å². The second kappa shape index (κ2) is 3.52. The number of carboxylic acids is 1. The third kappa shape index (κ3) is 2.87. The topological polar surface area (TPSA) is 37.3 Å². The van der Waals surface area contributed by atoms with E-state index in [1.807, 2.05) is 0 Å². The van der Waals surface area contributed by atoms with Gasteiger partial charge in [-0.25, -0.2) is 4.79 Å². The van der Waals surface area contributed by atoms with Crippen LogP contribution in [0.2, 0.25) is 0 Å². The zero-order valence-electron chi connectivity index (χ0n) is 8.63. The lowest BCUT2D eigenvalue weighted by Gasteiger charge is -2.35. The van der Waals surface area contributed by atoms with E-state index in [1.54, 1.807) is 0 Å². The summed E-state index contributed by atoms with van der Waals surface area (Å²) >= 11 is 0. The van der Waals surface area contributed by atoms with Crippen LogP contribution < -0.4 is 0 Å². The van der Waals surface area contributed by atoms with Gasteiger partial charge in [0.1, 0.15) is 0 Å². The van der Waals surface area contributed by atoms with Gasteiger partial charge in [0.15, 0.2) is 0 Å². The molecule has 74 valence electrons. The van der Waals surface area contributed by atoms with Crippen LogP contribution in [0.1, 0.15) is 40.0 Å². The molecule has 1 atom stereocenters. The molecule has 0 saturated heterocycles. The van der Waals surface area contributed by atoms with Gasteiger partial charge in [0.25, 0.3) is 0 Å². The predicted molar refractivity (Wildman–Crippen MR) is 52.5 cm³/mol. The van der Waals surface area contributed by atoms with Crippen molar-refractivity contribution >= 4 is 5.97 Å². The Morgan fingerprint density at radius 1 is 1.62 bits per heavy atom. The first-order valence-electron chi connectivity index (χ1n) is 4.84. The summed E-state index contributed by atoms with van der Waals surface area (Å²) < 4.78 is 0. The van der Waals surface area contributed by atoms with E-state index in [0.29, 0.717) is 11.3 Å². The molecule has 2 nitrogen and oxygen atoms in total. The van der Waals surface area contributed by atoms with Gasteiger partial charge in [-0.2, -0.15) is 0 Å². The third-order valence-corrected chi connectivity index (χ3v) is 2.89. The van der Waals surface area contributed by atoms with Crippen molar-refractivity contribution in [3.8, 4) is 0 Å². The van der Waals surface area contributed by atoms with Crippen LogP contribution in [-0.2, 0) is 4.79 Å². The molecule has 1 fully saturated rings. The molecule has 1 unspecified atom stereocenters. The molecule has 1 rings (SSSR count). The number of allylic oxidation sites excluding steroid dienone is 1. The highest BCUT2D eigenvalue weighted by Gasteiger charge is 2.28. The Kier molecular flexibility index (Phi) is 2.79. The van der Waals surface area contributed by atoms with E-state index >= 15 is 0 Å². The summed E-state index contributed by atoms with van der Waals surface area (Å²) in [5, 5.41) is 8.64. The van der Waals surface area contributed by atoms with Gasteiger partial charge in [0.2, 0.25) is 0 Å². The Morgan fingerprint density at radius 2 is 2.23 bits per heavy atom. The van der Waals surface area contributed by atoms with Gasteiger partial charge in [-0.05, 0) is 30.6 Å². The summed E-state index contributed by atoms with van der Waals surface area (Å²) in [6, 6.07) is 0. The van der Waals surface area contributed by atoms with E-state index in [0.717, 1.165) is 24.8 Å². The van der Waals surface area contributed by atoms with E-state index < -0.39 is 5.97 Å². The third-order valence-electron chi connectivity index (χ3n) is 2.89. The molecule has 0 aromatic carbocycles. The van der Waals surface area contributed by atoms with Crippen LogP contribution in [0.3, 0.4) is 0 Å². The van der Waals surface area contributed by atoms with Crippen molar-refractivity contribution in [2.45, 2.75) is 40.0 Å². The summed E-state index contributed by atoms with van der Waals surface area (Å²) in [7, 11) is 0. The number of rotatable bonds is 1. The molecule has 1 aliphatic carbocycles. The first-order valence-corrected chi connectivity index (χ1v) is 4.84. The second-order valence-corrected chi connectivity index (χ2v) is 4.83. The van der Waals surface area contributed by atoms with Gasteiger partial charge in [0, 0.05) is 6.08 Å². The minimum atomic E-state index is -0.804. The molecule has 0 amide bonds. The zero-order valence-corrected chi connectivity index (χ0v) is 8.63. The van der Waals surface area contributed by atoms with E-state index in [1.165, 1.54) is 6.08 Å². The fourth-order valence-electron chi connectivity index (χ4n) is 2.16. The number of hydrogen-bond acceptors (Lipinski definition) is 1. The Bertz CT molecular complexity index is 238. The van der Waals surface area contributed by atoms with E-state index in [-0.39, 0.29) is 0 Å². The molecule has 1 aliphatic rings. The van der Waals surface area contributed by atoms with Crippen LogP contribution in [0.15, 0.2) is 11.6 Å². The molecular formula is C11H18O2. The molecule has 0 heterocycles. The quantitative estimate of drug-likeness (QED) is 0.633. The van der Waals surface area contributed by atoms with Crippen LogP contribution in [0.4, 0.5) is 0 Å². The fraction of sp³-hybridized carbons (Fsp3) is 0.727. The average Bonchev–Trinajstić information content (AvgIpc) is 1.93. The van der Waals surface area contributed by atoms with Gasteiger partial charge in [-0.3, -0.25) is 0 Å². The summed E-state index contributed by atoms with van der Waals surface area (Å²) in [6.07, 6.45) is 4.54. The summed E-state index contributed by atoms with van der Waals surface area (Å²) in [5.41, 5.74) is 1.49. The summed E-state index contributed by atoms with van der Waals surface area (Å²) in [4.78, 5) is 10.5. The fourth-order valence-corrected chi connectivity index (χ4v) is 2.16. The maximum Gasteiger partial charge on any atom is 0.328 e. The van der Waals surface area contributed by atoms with Crippen molar-refractivity contribution in [1.82, 2.24) is 0 Å². The van der Waals surface area contributed by atoms with Crippen molar-refractivity contribution in [3.63, 3.8) is 0 Å². The van der Waals surface area contributed by atoms with Crippen molar-refractivity contribution in [1.29, 1.82) is 0 Å². The van der Waals surface area contributed by atoms with Crippen LogP contribution >= 0.6 is 0 Å². The molecule has 0 bridgehead atoms. The highest BCUT2D eigenvalue weighted by atomic mass is 16.4. The monoisotopic (exact) mass is 182 g/mol. The Labute approximate surface area is 79.6 Å². The highest BCUT2D eigenvalue weighted by Crippen LogP contribution is 2.41. The van der Waals surface area contributed by atoms with Crippen LogP contribution in [-0.4, -0.2) is 11.1 Å². The number of aliphatic carboxylic acids is 1. The number of hydrogen-bond donors (Lipinski definition) is 1. The van der Waals surface area contributed by atoms with Crippen molar-refractivity contribution < 1.29 is 9.90 Å². The van der Waals surface area contributed by atoms with Crippen molar-refractivity contribution in [3.05, 3.63) is 11.6 Å². The summed E-state index contributed by atoms with van der Waals surface area (Å²) in [6.45, 7) is 6.62. The van der Waals surface area contributed by atoms with E-state index in [9.17, 15) is 4.79 Å². The molecule has 0 aromatic rings. The zero-order chi connectivity index (χ0) is 10.1. The van der Waals surface area contributed by atoms with E-state index in [4.69, 9.17) is 5.11 Å². The number of carbonyl (C=O) groups is 1. The van der Waals surface area contributed by atoms with Gasteiger partial charge >= 0.3 is 5.97 Å².